The molecule has 1 saturated heterocycles. The molecule has 4 rings (SSSR count). The van der Waals surface area contributed by atoms with Gasteiger partial charge in [-0.1, -0.05) is 6.07 Å². The van der Waals surface area contributed by atoms with Crippen molar-refractivity contribution < 1.29 is 27.5 Å². The quantitative estimate of drug-likeness (QED) is 0.677. The highest BCUT2D eigenvalue weighted by atomic mass is 19.4. The fraction of sp³-hybridized carbons (Fsp3) is 0.238. The summed E-state index contributed by atoms with van der Waals surface area (Å²) in [4.78, 5) is 33.8. The Labute approximate surface area is 174 Å². The first-order chi connectivity index (χ1) is 14.7. The second-order valence-electron chi connectivity index (χ2n) is 7.08. The molecule has 0 bridgehead atoms. The van der Waals surface area contributed by atoms with E-state index in [0.717, 1.165) is 12.1 Å². The molecule has 0 radical (unpaired) electrons. The first-order valence-electron chi connectivity index (χ1n) is 9.39. The van der Waals surface area contributed by atoms with Crippen LogP contribution < -0.4 is 10.1 Å². The van der Waals surface area contributed by atoms with Crippen LogP contribution in [0.1, 0.15) is 18.4 Å². The van der Waals surface area contributed by atoms with Crippen LogP contribution in [-0.2, 0) is 15.8 Å². The highest BCUT2D eigenvalue weighted by Crippen LogP contribution is 2.33. The maximum atomic E-state index is 12.7. The molecular formula is C21H17F3N4O3. The van der Waals surface area contributed by atoms with Crippen molar-refractivity contribution in [2.75, 3.05) is 12.4 Å². The van der Waals surface area contributed by atoms with Crippen LogP contribution in [0.25, 0.3) is 10.9 Å². The number of ether oxygens (including phenoxy) is 1. The van der Waals surface area contributed by atoms with Crippen molar-refractivity contribution in [2.24, 2.45) is 0 Å². The maximum Gasteiger partial charge on any atom is 0.417 e. The number of likely N-dealkylation sites (N-methyl/N-ethyl adjacent to an activating group) is 1. The number of nitrogens with one attached hydrogen (secondary N) is 1. The highest BCUT2D eigenvalue weighted by molar-refractivity contribution is 6.04. The molecule has 1 aromatic carbocycles. The van der Waals surface area contributed by atoms with E-state index < -0.39 is 17.8 Å². The molecular weight excluding hydrogens is 413 g/mol. The lowest BCUT2D eigenvalue weighted by Gasteiger charge is -2.20. The van der Waals surface area contributed by atoms with Gasteiger partial charge in [-0.15, -0.1) is 0 Å². The van der Waals surface area contributed by atoms with Crippen molar-refractivity contribution in [3.63, 3.8) is 0 Å². The van der Waals surface area contributed by atoms with E-state index in [2.05, 4.69) is 15.3 Å². The zero-order chi connectivity index (χ0) is 22.2. The third-order valence-electron chi connectivity index (χ3n) is 5.02. The van der Waals surface area contributed by atoms with Gasteiger partial charge in [0.1, 0.15) is 11.8 Å². The summed E-state index contributed by atoms with van der Waals surface area (Å²) in [6.45, 7) is 0. The van der Waals surface area contributed by atoms with Crippen molar-refractivity contribution in [1.82, 2.24) is 14.9 Å². The molecule has 1 atom stereocenters. The predicted molar refractivity (Wildman–Crippen MR) is 105 cm³/mol. The number of pyridine rings is 2. The van der Waals surface area contributed by atoms with Gasteiger partial charge in [-0.05, 0) is 24.6 Å². The molecule has 3 heterocycles. The second kappa shape index (κ2) is 7.86. The number of nitrogens with zero attached hydrogens (tertiary/aromatic N) is 3. The molecule has 0 spiro atoms. The molecule has 2 aromatic heterocycles. The van der Waals surface area contributed by atoms with Crippen LogP contribution in [0.5, 0.6) is 11.6 Å². The molecule has 1 aliphatic heterocycles. The molecule has 1 aliphatic rings. The van der Waals surface area contributed by atoms with Crippen LogP contribution in [-0.4, -0.2) is 39.8 Å². The number of amides is 2. The number of carbonyl (C=O) groups excluding carboxylic acids is 2. The predicted octanol–water partition coefficient (Wildman–Crippen LogP) is 4.00. The van der Waals surface area contributed by atoms with Crippen LogP contribution in [0, 0.1) is 0 Å². The molecule has 3 aromatic rings. The topological polar surface area (TPSA) is 84.4 Å². The third-order valence-corrected chi connectivity index (χ3v) is 5.02. The SMILES string of the molecule is CN1C(=O)CC[C@@H]1C(=O)Nc1cc(Oc2ccc(C(F)(F)F)cn2)cc2cccnc12. The van der Waals surface area contributed by atoms with Crippen LogP contribution >= 0.6 is 0 Å². The minimum Gasteiger partial charge on any atom is -0.439 e. The normalized spacial score (nSPS) is 16.6. The second-order valence-corrected chi connectivity index (χ2v) is 7.08. The number of hydrogen-bond acceptors (Lipinski definition) is 5. The standard InChI is InChI=1S/C21H17F3N4O3/c1-28-16(5-7-18(28)29)20(30)27-15-10-14(9-12-3-2-8-25-19(12)15)31-17-6-4-13(11-26-17)21(22,23)24/h2-4,6,8-11,16H,5,7H2,1H3,(H,27,30)/t16-/m1/s1. The summed E-state index contributed by atoms with van der Waals surface area (Å²) in [7, 11) is 1.58. The number of fused-ring (bicyclic) bond motifs is 1. The Morgan fingerprint density at radius 3 is 2.68 bits per heavy atom. The number of benzene rings is 1. The Morgan fingerprint density at radius 2 is 2.03 bits per heavy atom. The van der Waals surface area contributed by atoms with Crippen molar-refractivity contribution in [3.8, 4) is 11.6 Å². The molecule has 0 aliphatic carbocycles. The van der Waals surface area contributed by atoms with Crippen molar-refractivity contribution >= 4 is 28.4 Å². The molecule has 1 fully saturated rings. The average Bonchev–Trinajstić information content (AvgIpc) is 3.06. The van der Waals surface area contributed by atoms with Crippen molar-refractivity contribution in [1.29, 1.82) is 0 Å². The van der Waals surface area contributed by atoms with Gasteiger partial charge in [0, 0.05) is 43.4 Å². The Hall–Kier alpha value is -3.69. The summed E-state index contributed by atoms with van der Waals surface area (Å²) >= 11 is 0. The zero-order valence-electron chi connectivity index (χ0n) is 16.3. The number of rotatable bonds is 4. The molecule has 31 heavy (non-hydrogen) atoms. The Morgan fingerprint density at radius 1 is 1.23 bits per heavy atom. The maximum absolute atomic E-state index is 12.7. The Balaban J connectivity index is 1.62. The fourth-order valence-corrected chi connectivity index (χ4v) is 3.38. The first-order valence-corrected chi connectivity index (χ1v) is 9.39. The van der Waals surface area contributed by atoms with E-state index in [-0.39, 0.29) is 23.4 Å². The average molecular weight is 430 g/mol. The van der Waals surface area contributed by atoms with Gasteiger partial charge in [0.15, 0.2) is 0 Å². The van der Waals surface area contributed by atoms with Gasteiger partial charge in [-0.25, -0.2) is 4.98 Å². The lowest BCUT2D eigenvalue weighted by molar-refractivity contribution is -0.137. The van der Waals surface area contributed by atoms with Crippen LogP contribution in [0.2, 0.25) is 0 Å². The number of halogens is 3. The van der Waals surface area contributed by atoms with Crippen LogP contribution in [0.4, 0.5) is 18.9 Å². The number of hydrogen-bond donors (Lipinski definition) is 1. The molecule has 160 valence electrons. The van der Waals surface area contributed by atoms with Gasteiger partial charge >= 0.3 is 6.18 Å². The largest absolute Gasteiger partial charge is 0.439 e. The lowest BCUT2D eigenvalue weighted by Crippen LogP contribution is -2.38. The molecule has 0 saturated carbocycles. The van der Waals surface area contributed by atoms with Crippen molar-refractivity contribution in [2.45, 2.75) is 25.1 Å². The number of carbonyl (C=O) groups is 2. The first kappa shape index (κ1) is 20.6. The van der Waals surface area contributed by atoms with Gasteiger partial charge in [-0.2, -0.15) is 13.2 Å². The Bertz CT molecular complexity index is 1150. The molecule has 1 N–H and O–H groups in total. The molecule has 10 heteroatoms. The summed E-state index contributed by atoms with van der Waals surface area (Å²) in [5, 5.41) is 3.44. The summed E-state index contributed by atoms with van der Waals surface area (Å²) in [5.74, 6) is -0.229. The highest BCUT2D eigenvalue weighted by Gasteiger charge is 2.33. The third kappa shape index (κ3) is 4.27. The van der Waals surface area contributed by atoms with E-state index in [9.17, 15) is 22.8 Å². The van der Waals surface area contributed by atoms with E-state index in [1.54, 1.807) is 31.4 Å². The van der Waals surface area contributed by atoms with E-state index in [1.165, 1.54) is 11.0 Å². The van der Waals surface area contributed by atoms with Gasteiger partial charge < -0.3 is 15.0 Å². The van der Waals surface area contributed by atoms with E-state index >= 15 is 0 Å². The summed E-state index contributed by atoms with van der Waals surface area (Å²) in [6, 6.07) is 8.03. The Kier molecular flexibility index (Phi) is 5.22. The number of aromatic nitrogens is 2. The minimum atomic E-state index is -4.49. The molecule has 2 amide bonds. The van der Waals surface area contributed by atoms with Gasteiger partial charge in [-0.3, -0.25) is 14.6 Å². The number of likely N-dealkylation sites (tertiary alicyclic amines) is 1. The number of anilines is 1. The lowest BCUT2D eigenvalue weighted by atomic mass is 10.1. The molecule has 7 nitrogen and oxygen atoms in total. The molecule has 0 unspecified atom stereocenters. The summed E-state index contributed by atoms with van der Waals surface area (Å²) in [5.41, 5.74) is -0.0148. The smallest absolute Gasteiger partial charge is 0.417 e. The van der Waals surface area contributed by atoms with Crippen LogP contribution in [0.15, 0.2) is 48.8 Å². The van der Waals surface area contributed by atoms with E-state index in [1.807, 2.05) is 0 Å². The van der Waals surface area contributed by atoms with E-state index in [4.69, 9.17) is 4.74 Å². The summed E-state index contributed by atoms with van der Waals surface area (Å²) < 4.78 is 43.8. The van der Waals surface area contributed by atoms with Gasteiger partial charge in [0.25, 0.3) is 0 Å². The van der Waals surface area contributed by atoms with Gasteiger partial charge in [0.2, 0.25) is 17.7 Å². The fourth-order valence-electron chi connectivity index (χ4n) is 3.38. The van der Waals surface area contributed by atoms with E-state index in [0.29, 0.717) is 35.6 Å². The summed E-state index contributed by atoms with van der Waals surface area (Å²) in [6.07, 6.45) is -1.52. The number of alkyl halides is 3. The van der Waals surface area contributed by atoms with Crippen molar-refractivity contribution in [3.05, 3.63) is 54.4 Å². The van der Waals surface area contributed by atoms with Crippen LogP contribution in [0.3, 0.4) is 0 Å². The zero-order valence-corrected chi connectivity index (χ0v) is 16.3. The van der Waals surface area contributed by atoms with Gasteiger partial charge in [0.05, 0.1) is 16.8 Å². The monoisotopic (exact) mass is 430 g/mol. The minimum absolute atomic E-state index is 0.0327.